The number of aryl methyl sites for hydroxylation is 1. The lowest BCUT2D eigenvalue weighted by Gasteiger charge is -2.04. The number of H-pyrrole nitrogens is 1. The third-order valence-corrected chi connectivity index (χ3v) is 2.48. The number of nitrogens with one attached hydrogen (secondary N) is 1. The Morgan fingerprint density at radius 1 is 1.64 bits per heavy atom. The first-order valence-electron chi connectivity index (χ1n) is 4.42. The predicted molar refractivity (Wildman–Crippen MR) is 48.3 cm³/mol. The van der Waals surface area contributed by atoms with Gasteiger partial charge in [-0.2, -0.15) is 0 Å². The number of fused-ring (bicyclic) bond motifs is 1. The summed E-state index contributed by atoms with van der Waals surface area (Å²) in [4.78, 5) is 28.9. The predicted octanol–water partition coefficient (Wildman–Crippen LogP) is 0.193. The molecule has 5 nitrogen and oxygen atoms in total. The quantitative estimate of drug-likeness (QED) is 0.668. The van der Waals surface area contributed by atoms with Crippen molar-refractivity contribution in [2.24, 2.45) is 0 Å². The van der Waals surface area contributed by atoms with E-state index >= 15 is 0 Å². The second-order valence-electron chi connectivity index (χ2n) is 3.44. The Morgan fingerprint density at radius 2 is 2.36 bits per heavy atom. The minimum atomic E-state index is -0.902. The Hall–Kier alpha value is -1.65. The lowest BCUT2D eigenvalue weighted by Crippen LogP contribution is -2.17. The van der Waals surface area contributed by atoms with E-state index in [9.17, 15) is 9.59 Å². The Bertz CT molecular complexity index is 450. The zero-order chi connectivity index (χ0) is 10.3. The van der Waals surface area contributed by atoms with Crippen LogP contribution in [0.5, 0.6) is 0 Å². The van der Waals surface area contributed by atoms with Gasteiger partial charge in [-0.3, -0.25) is 9.59 Å². The standard InChI is InChI=1S/C9H10N2O3/c1-4-10-7-5(8(12)11-4)2-3-6(7)9(13)14/h6H,2-3H2,1H3,(H,13,14)(H,10,11,12). The monoisotopic (exact) mass is 194 g/mol. The molecule has 1 aromatic heterocycles. The van der Waals surface area contributed by atoms with Crippen LogP contribution in [0.1, 0.15) is 29.4 Å². The van der Waals surface area contributed by atoms with E-state index < -0.39 is 11.9 Å². The van der Waals surface area contributed by atoms with Gasteiger partial charge in [0, 0.05) is 5.56 Å². The van der Waals surface area contributed by atoms with Crippen LogP contribution in [0.25, 0.3) is 0 Å². The minimum Gasteiger partial charge on any atom is -0.481 e. The van der Waals surface area contributed by atoms with E-state index in [0.717, 1.165) is 0 Å². The molecule has 2 rings (SSSR count). The van der Waals surface area contributed by atoms with Gasteiger partial charge in [-0.25, -0.2) is 4.98 Å². The summed E-state index contributed by atoms with van der Waals surface area (Å²) in [6.45, 7) is 1.65. The fraction of sp³-hybridized carbons (Fsp3) is 0.444. The van der Waals surface area contributed by atoms with Gasteiger partial charge in [0.25, 0.3) is 5.56 Å². The van der Waals surface area contributed by atoms with Crippen LogP contribution in [-0.2, 0) is 11.2 Å². The summed E-state index contributed by atoms with van der Waals surface area (Å²) in [6, 6.07) is 0. The molecule has 0 spiro atoms. The highest BCUT2D eigenvalue weighted by molar-refractivity contribution is 5.76. The second-order valence-corrected chi connectivity index (χ2v) is 3.44. The van der Waals surface area contributed by atoms with Crippen molar-refractivity contribution in [2.45, 2.75) is 25.7 Å². The summed E-state index contributed by atoms with van der Waals surface area (Å²) in [5, 5.41) is 8.89. The Balaban J connectivity index is 2.60. The van der Waals surface area contributed by atoms with Crippen LogP contribution in [0, 0.1) is 6.92 Å². The van der Waals surface area contributed by atoms with Crippen LogP contribution in [0.4, 0.5) is 0 Å². The van der Waals surface area contributed by atoms with E-state index in [2.05, 4.69) is 9.97 Å². The molecule has 74 valence electrons. The number of carbonyl (C=O) groups is 1. The van der Waals surface area contributed by atoms with E-state index in [1.165, 1.54) is 0 Å². The molecule has 1 aliphatic carbocycles. The number of hydrogen-bond acceptors (Lipinski definition) is 3. The first kappa shape index (κ1) is 8.93. The summed E-state index contributed by atoms with van der Waals surface area (Å²) in [5.74, 6) is -1.03. The lowest BCUT2D eigenvalue weighted by molar-refractivity contribution is -0.138. The highest BCUT2D eigenvalue weighted by Gasteiger charge is 2.31. The van der Waals surface area contributed by atoms with E-state index in [0.29, 0.717) is 29.9 Å². The zero-order valence-corrected chi connectivity index (χ0v) is 7.70. The summed E-state index contributed by atoms with van der Waals surface area (Å²) >= 11 is 0. The summed E-state index contributed by atoms with van der Waals surface area (Å²) in [5.41, 5.74) is 0.776. The topological polar surface area (TPSA) is 83.0 Å². The minimum absolute atomic E-state index is 0.198. The van der Waals surface area contributed by atoms with Crippen molar-refractivity contribution in [1.82, 2.24) is 9.97 Å². The van der Waals surface area contributed by atoms with Crippen molar-refractivity contribution < 1.29 is 9.90 Å². The summed E-state index contributed by atoms with van der Waals surface area (Å²) in [6.07, 6.45) is 0.985. The van der Waals surface area contributed by atoms with E-state index in [1.54, 1.807) is 6.92 Å². The first-order chi connectivity index (χ1) is 6.59. The maximum Gasteiger partial charge on any atom is 0.312 e. The van der Waals surface area contributed by atoms with Crippen molar-refractivity contribution in [1.29, 1.82) is 0 Å². The third-order valence-electron chi connectivity index (χ3n) is 2.48. The molecule has 0 bridgehead atoms. The van der Waals surface area contributed by atoms with Crippen molar-refractivity contribution in [3.8, 4) is 0 Å². The van der Waals surface area contributed by atoms with Gasteiger partial charge >= 0.3 is 5.97 Å². The van der Waals surface area contributed by atoms with Gasteiger partial charge < -0.3 is 10.1 Å². The lowest BCUT2D eigenvalue weighted by atomic mass is 10.1. The van der Waals surface area contributed by atoms with Gasteiger partial charge in [0.1, 0.15) is 5.82 Å². The van der Waals surface area contributed by atoms with Crippen LogP contribution in [0.15, 0.2) is 4.79 Å². The highest BCUT2D eigenvalue weighted by atomic mass is 16.4. The number of aliphatic carboxylic acids is 1. The van der Waals surface area contributed by atoms with Crippen LogP contribution in [0.3, 0.4) is 0 Å². The molecule has 0 saturated carbocycles. The van der Waals surface area contributed by atoms with Gasteiger partial charge in [0.05, 0.1) is 11.6 Å². The molecule has 1 atom stereocenters. The van der Waals surface area contributed by atoms with Crippen molar-refractivity contribution in [3.05, 3.63) is 27.4 Å². The molecule has 0 aromatic carbocycles. The number of rotatable bonds is 1. The van der Waals surface area contributed by atoms with Gasteiger partial charge in [-0.1, -0.05) is 0 Å². The molecule has 0 radical (unpaired) electrons. The SMILES string of the molecule is Cc1nc2c(c(=O)[nH]1)CCC2C(=O)O. The highest BCUT2D eigenvalue weighted by Crippen LogP contribution is 2.29. The second kappa shape index (κ2) is 2.94. The van der Waals surface area contributed by atoms with E-state index in [-0.39, 0.29) is 5.56 Å². The van der Waals surface area contributed by atoms with Crippen molar-refractivity contribution in [2.75, 3.05) is 0 Å². The average Bonchev–Trinajstić information content (AvgIpc) is 2.47. The zero-order valence-electron chi connectivity index (χ0n) is 7.70. The van der Waals surface area contributed by atoms with Gasteiger partial charge in [0.15, 0.2) is 0 Å². The molecule has 1 unspecified atom stereocenters. The number of carboxylic acids is 1. The van der Waals surface area contributed by atoms with Gasteiger partial charge in [-0.15, -0.1) is 0 Å². The van der Waals surface area contributed by atoms with E-state index in [4.69, 9.17) is 5.11 Å². The van der Waals surface area contributed by atoms with Crippen molar-refractivity contribution >= 4 is 5.97 Å². The molecular weight excluding hydrogens is 184 g/mol. The number of aromatic amines is 1. The van der Waals surface area contributed by atoms with Crippen LogP contribution < -0.4 is 5.56 Å². The van der Waals surface area contributed by atoms with Crippen LogP contribution in [-0.4, -0.2) is 21.0 Å². The molecule has 2 N–H and O–H groups in total. The van der Waals surface area contributed by atoms with E-state index in [1.807, 2.05) is 0 Å². The fourth-order valence-corrected chi connectivity index (χ4v) is 1.83. The molecular formula is C9H10N2O3. The molecule has 14 heavy (non-hydrogen) atoms. The average molecular weight is 194 g/mol. The number of aromatic nitrogens is 2. The number of carboxylic acid groups (broad SMARTS) is 1. The third kappa shape index (κ3) is 1.21. The normalized spacial score (nSPS) is 19.4. The Labute approximate surface area is 79.8 Å². The number of hydrogen-bond donors (Lipinski definition) is 2. The summed E-state index contributed by atoms with van der Waals surface area (Å²) < 4.78 is 0. The molecule has 1 aliphatic rings. The molecule has 0 amide bonds. The van der Waals surface area contributed by atoms with Gasteiger partial charge in [-0.05, 0) is 19.8 Å². The maximum atomic E-state index is 11.4. The van der Waals surface area contributed by atoms with Crippen LogP contribution >= 0.6 is 0 Å². The maximum absolute atomic E-state index is 11.4. The van der Waals surface area contributed by atoms with Crippen LogP contribution in [0.2, 0.25) is 0 Å². The molecule has 1 aromatic rings. The molecule has 0 saturated heterocycles. The summed E-state index contributed by atoms with van der Waals surface area (Å²) in [7, 11) is 0. The Morgan fingerprint density at radius 3 is 3.00 bits per heavy atom. The molecule has 0 aliphatic heterocycles. The fourth-order valence-electron chi connectivity index (χ4n) is 1.83. The molecule has 5 heteroatoms. The largest absolute Gasteiger partial charge is 0.481 e. The van der Waals surface area contributed by atoms with Gasteiger partial charge in [0.2, 0.25) is 0 Å². The molecule has 0 fully saturated rings. The molecule has 1 heterocycles. The Kier molecular flexibility index (Phi) is 1.87. The smallest absolute Gasteiger partial charge is 0.312 e. The first-order valence-corrected chi connectivity index (χ1v) is 4.42. The van der Waals surface area contributed by atoms with Crippen molar-refractivity contribution in [3.63, 3.8) is 0 Å². The number of nitrogens with zero attached hydrogens (tertiary/aromatic N) is 1.